The van der Waals surface area contributed by atoms with Gasteiger partial charge in [-0.25, -0.2) is 10.8 Å². The molecule has 2 aromatic heterocycles. The van der Waals surface area contributed by atoms with Gasteiger partial charge in [0, 0.05) is 30.5 Å². The van der Waals surface area contributed by atoms with Crippen molar-refractivity contribution in [2.75, 3.05) is 0 Å². The Morgan fingerprint density at radius 3 is 2.83 bits per heavy atom. The van der Waals surface area contributed by atoms with Crippen molar-refractivity contribution in [2.45, 2.75) is 56.5 Å². The van der Waals surface area contributed by atoms with Crippen LogP contribution < -0.4 is 16.9 Å². The van der Waals surface area contributed by atoms with Gasteiger partial charge in [0.1, 0.15) is 11.2 Å². The molecule has 152 valence electrons. The number of nitrogens with two attached hydrogens (primary N) is 2. The lowest BCUT2D eigenvalue weighted by molar-refractivity contribution is 0.0918. The van der Waals surface area contributed by atoms with Crippen molar-refractivity contribution < 1.29 is 4.79 Å². The molecular formula is C20H26N8O. The lowest BCUT2D eigenvalue weighted by Crippen LogP contribution is -2.46. The number of nitrogens with one attached hydrogen (secondary N) is 1. The molecular weight excluding hydrogens is 368 g/mol. The average molecular weight is 394 g/mol. The van der Waals surface area contributed by atoms with E-state index in [-0.39, 0.29) is 17.9 Å². The van der Waals surface area contributed by atoms with Gasteiger partial charge in [-0.05, 0) is 31.6 Å². The standard InChI is InChI=1S/C20H26N8O/c21-13-20(6-7-20)28(23)11-15(22)18(14-4-2-1-3-5-14)26-19(29)16-12-27-9-8-24-10-17(27)25-16/h8-12,14,18H,1-7,22-23H2,(H,26,29)/b15-11-/t18-/m0/s1. The van der Waals surface area contributed by atoms with Crippen molar-refractivity contribution in [3.63, 3.8) is 0 Å². The second-order valence-electron chi connectivity index (χ2n) is 8.00. The van der Waals surface area contributed by atoms with Gasteiger partial charge in [-0.3, -0.25) is 14.8 Å². The quantitative estimate of drug-likeness (QED) is 0.498. The summed E-state index contributed by atoms with van der Waals surface area (Å²) in [7, 11) is 0. The van der Waals surface area contributed by atoms with E-state index in [2.05, 4.69) is 21.4 Å². The Kier molecular flexibility index (Phi) is 5.11. The SMILES string of the molecule is N#CC1(N(N)/C=C(\N)[C@@H](NC(=O)c2cn3ccncc3n2)C2CCCCC2)CC1. The summed E-state index contributed by atoms with van der Waals surface area (Å²) in [6, 6.07) is 1.90. The zero-order valence-electron chi connectivity index (χ0n) is 16.3. The molecule has 5 N–H and O–H groups in total. The normalized spacial score (nSPS) is 20.1. The van der Waals surface area contributed by atoms with Crippen LogP contribution in [0.1, 0.15) is 55.4 Å². The van der Waals surface area contributed by atoms with E-state index in [0.29, 0.717) is 17.0 Å². The number of carbonyl (C=O) groups excluding carboxylic acids is 1. The fourth-order valence-corrected chi connectivity index (χ4v) is 4.02. The number of nitriles is 1. The molecule has 2 fully saturated rings. The Labute approximate surface area is 169 Å². The molecule has 0 unspecified atom stereocenters. The molecule has 2 aromatic rings. The van der Waals surface area contributed by atoms with E-state index in [1.165, 1.54) is 11.4 Å². The minimum Gasteiger partial charge on any atom is -0.399 e. The van der Waals surface area contributed by atoms with Crippen LogP contribution in [0, 0.1) is 17.2 Å². The van der Waals surface area contributed by atoms with Crippen LogP contribution in [0.15, 0.2) is 36.7 Å². The van der Waals surface area contributed by atoms with Crippen molar-refractivity contribution in [3.05, 3.63) is 42.4 Å². The third-order valence-electron chi connectivity index (χ3n) is 5.98. The number of carbonyl (C=O) groups is 1. The molecule has 2 saturated carbocycles. The summed E-state index contributed by atoms with van der Waals surface area (Å²) < 4.78 is 1.75. The summed E-state index contributed by atoms with van der Waals surface area (Å²) in [5, 5.41) is 13.8. The third kappa shape index (κ3) is 3.89. The largest absolute Gasteiger partial charge is 0.399 e. The first-order valence-electron chi connectivity index (χ1n) is 10.0. The average Bonchev–Trinajstić information content (AvgIpc) is 3.43. The van der Waals surface area contributed by atoms with E-state index in [4.69, 9.17) is 11.6 Å². The van der Waals surface area contributed by atoms with Crippen LogP contribution in [-0.2, 0) is 0 Å². The molecule has 0 bridgehead atoms. The van der Waals surface area contributed by atoms with Crippen LogP contribution in [0.25, 0.3) is 5.65 Å². The molecule has 9 nitrogen and oxygen atoms in total. The maximum Gasteiger partial charge on any atom is 0.272 e. The zero-order valence-corrected chi connectivity index (χ0v) is 16.3. The highest BCUT2D eigenvalue weighted by Gasteiger charge is 2.47. The van der Waals surface area contributed by atoms with E-state index < -0.39 is 5.54 Å². The van der Waals surface area contributed by atoms with Crippen LogP contribution in [0.5, 0.6) is 0 Å². The van der Waals surface area contributed by atoms with Crippen molar-refractivity contribution >= 4 is 11.6 Å². The molecule has 0 aromatic carbocycles. The monoisotopic (exact) mass is 394 g/mol. The summed E-state index contributed by atoms with van der Waals surface area (Å²) in [5.74, 6) is 6.05. The number of rotatable bonds is 6. The first-order valence-corrected chi connectivity index (χ1v) is 10.0. The molecule has 1 amide bonds. The fourth-order valence-electron chi connectivity index (χ4n) is 4.02. The van der Waals surface area contributed by atoms with Crippen molar-refractivity contribution in [2.24, 2.45) is 17.5 Å². The van der Waals surface area contributed by atoms with Gasteiger partial charge < -0.3 is 15.5 Å². The highest BCUT2D eigenvalue weighted by molar-refractivity contribution is 5.93. The maximum absolute atomic E-state index is 12.9. The summed E-state index contributed by atoms with van der Waals surface area (Å²) >= 11 is 0. The molecule has 4 rings (SSSR count). The van der Waals surface area contributed by atoms with E-state index in [9.17, 15) is 10.1 Å². The predicted molar refractivity (Wildman–Crippen MR) is 107 cm³/mol. The van der Waals surface area contributed by atoms with Crippen LogP contribution in [0.2, 0.25) is 0 Å². The van der Waals surface area contributed by atoms with E-state index in [1.807, 2.05) is 0 Å². The minimum absolute atomic E-state index is 0.230. The molecule has 9 heteroatoms. The Hall–Kier alpha value is -3.12. The van der Waals surface area contributed by atoms with Gasteiger partial charge in [-0.2, -0.15) is 5.26 Å². The number of hydrogen-bond acceptors (Lipinski definition) is 7. The van der Waals surface area contributed by atoms with Crippen molar-refractivity contribution in [1.82, 2.24) is 24.7 Å². The van der Waals surface area contributed by atoms with Gasteiger partial charge >= 0.3 is 0 Å². The zero-order chi connectivity index (χ0) is 20.4. The number of amides is 1. The van der Waals surface area contributed by atoms with Gasteiger partial charge in [0.15, 0.2) is 5.65 Å². The number of imidazole rings is 1. The van der Waals surface area contributed by atoms with Crippen LogP contribution >= 0.6 is 0 Å². The Morgan fingerprint density at radius 1 is 1.41 bits per heavy atom. The number of aromatic nitrogens is 3. The first-order chi connectivity index (χ1) is 14.0. The summed E-state index contributed by atoms with van der Waals surface area (Å²) in [5.41, 5.74) is 7.13. The maximum atomic E-state index is 12.9. The molecule has 2 aliphatic rings. The molecule has 0 radical (unpaired) electrons. The van der Waals surface area contributed by atoms with E-state index in [1.54, 1.807) is 35.4 Å². The van der Waals surface area contributed by atoms with Gasteiger partial charge in [-0.1, -0.05) is 19.3 Å². The summed E-state index contributed by atoms with van der Waals surface area (Å²) in [4.78, 5) is 21.3. The number of nitrogens with zero attached hydrogens (tertiary/aromatic N) is 5. The van der Waals surface area contributed by atoms with Crippen molar-refractivity contribution in [1.29, 1.82) is 5.26 Å². The summed E-state index contributed by atoms with van der Waals surface area (Å²) in [6.07, 6.45) is 15.1. The Morgan fingerprint density at radius 2 is 2.17 bits per heavy atom. The van der Waals surface area contributed by atoms with Crippen LogP contribution in [-0.4, -0.2) is 36.9 Å². The van der Waals surface area contributed by atoms with Gasteiger partial charge in [0.2, 0.25) is 0 Å². The van der Waals surface area contributed by atoms with Crippen LogP contribution in [0.4, 0.5) is 0 Å². The highest BCUT2D eigenvalue weighted by Crippen LogP contribution is 2.39. The highest BCUT2D eigenvalue weighted by atomic mass is 16.2. The van der Waals surface area contributed by atoms with Crippen molar-refractivity contribution in [3.8, 4) is 6.07 Å². The molecule has 2 aliphatic carbocycles. The molecule has 29 heavy (non-hydrogen) atoms. The molecule has 2 heterocycles. The van der Waals surface area contributed by atoms with E-state index in [0.717, 1.165) is 38.5 Å². The molecule has 0 spiro atoms. The van der Waals surface area contributed by atoms with Crippen LogP contribution in [0.3, 0.4) is 0 Å². The topological polar surface area (TPSA) is 138 Å². The van der Waals surface area contributed by atoms with Gasteiger partial charge in [0.25, 0.3) is 5.91 Å². The second-order valence-corrected chi connectivity index (χ2v) is 8.00. The number of fused-ring (bicyclic) bond motifs is 1. The Balaban J connectivity index is 1.56. The molecule has 1 atom stereocenters. The number of hydrogen-bond donors (Lipinski definition) is 3. The molecule has 0 aliphatic heterocycles. The predicted octanol–water partition coefficient (Wildman–Crippen LogP) is 1.44. The smallest absolute Gasteiger partial charge is 0.272 e. The minimum atomic E-state index is -0.666. The first kappa shape index (κ1) is 19.2. The van der Waals surface area contributed by atoms with Gasteiger partial charge in [-0.15, -0.1) is 0 Å². The Bertz CT molecular complexity index is 931. The number of hydrazine groups is 1. The second kappa shape index (κ2) is 7.72. The molecule has 0 saturated heterocycles. The summed E-state index contributed by atoms with van der Waals surface area (Å²) in [6.45, 7) is 0. The lowest BCUT2D eigenvalue weighted by Gasteiger charge is -2.32. The van der Waals surface area contributed by atoms with E-state index >= 15 is 0 Å². The third-order valence-corrected chi connectivity index (χ3v) is 5.98. The lowest BCUT2D eigenvalue weighted by atomic mass is 9.82. The van der Waals surface area contributed by atoms with Gasteiger partial charge in [0.05, 0.1) is 18.3 Å². The fraction of sp³-hybridized carbons (Fsp3) is 0.500.